The molecule has 21 heavy (non-hydrogen) atoms. The molecule has 1 aromatic carbocycles. The summed E-state index contributed by atoms with van der Waals surface area (Å²) < 4.78 is 14.7. The van der Waals surface area contributed by atoms with Crippen LogP contribution in [-0.4, -0.2) is 35.1 Å². The van der Waals surface area contributed by atoms with Crippen LogP contribution in [0.25, 0.3) is 10.1 Å². The van der Waals surface area contributed by atoms with Gasteiger partial charge in [-0.15, -0.1) is 11.3 Å². The van der Waals surface area contributed by atoms with Gasteiger partial charge in [0.1, 0.15) is 5.82 Å². The van der Waals surface area contributed by atoms with E-state index in [2.05, 4.69) is 0 Å². The molecule has 1 aliphatic heterocycles. The van der Waals surface area contributed by atoms with Gasteiger partial charge in [-0.2, -0.15) is 0 Å². The summed E-state index contributed by atoms with van der Waals surface area (Å²) in [6, 6.07) is 4.91. The molecular weight excluding hydrogens is 289 g/mol. The van der Waals surface area contributed by atoms with E-state index in [-0.39, 0.29) is 17.6 Å². The summed E-state index contributed by atoms with van der Waals surface area (Å²) in [5.74, 6) is -0.165. The Kier molecular flexibility index (Phi) is 3.71. The van der Waals surface area contributed by atoms with Crippen LogP contribution in [0.4, 0.5) is 4.39 Å². The molecule has 0 saturated carbocycles. The zero-order chi connectivity index (χ0) is 15.1. The molecule has 1 saturated heterocycles. The minimum atomic E-state index is -0.478. The molecule has 0 aliphatic carbocycles. The smallest absolute Gasteiger partial charge is 0.264 e. The van der Waals surface area contributed by atoms with E-state index in [1.165, 1.54) is 17.4 Å². The highest BCUT2D eigenvalue weighted by molar-refractivity contribution is 7.21. The number of halogens is 1. The molecule has 1 fully saturated rings. The molecule has 1 aliphatic rings. The third kappa shape index (κ3) is 2.45. The molecule has 1 aromatic heterocycles. The summed E-state index contributed by atoms with van der Waals surface area (Å²) >= 11 is 1.33. The van der Waals surface area contributed by atoms with Crippen LogP contribution in [-0.2, 0) is 0 Å². The number of aryl methyl sites for hydroxylation is 1. The van der Waals surface area contributed by atoms with Crippen molar-refractivity contribution >= 4 is 27.3 Å². The van der Waals surface area contributed by atoms with Crippen molar-refractivity contribution in [1.29, 1.82) is 0 Å². The van der Waals surface area contributed by atoms with E-state index >= 15 is 0 Å². The Morgan fingerprint density at radius 3 is 2.90 bits per heavy atom. The van der Waals surface area contributed by atoms with Gasteiger partial charge in [-0.05, 0) is 37.0 Å². The monoisotopic (exact) mass is 307 g/mol. The van der Waals surface area contributed by atoms with Crippen molar-refractivity contribution in [2.45, 2.75) is 26.4 Å². The molecule has 112 valence electrons. The predicted molar refractivity (Wildman–Crippen MR) is 82.2 cm³/mol. The van der Waals surface area contributed by atoms with Crippen LogP contribution in [0.2, 0.25) is 0 Å². The average Bonchev–Trinajstić information content (AvgIpc) is 2.80. The Hall–Kier alpha value is -1.46. The van der Waals surface area contributed by atoms with Crippen molar-refractivity contribution in [3.05, 3.63) is 34.5 Å². The zero-order valence-electron chi connectivity index (χ0n) is 12.1. The molecule has 2 aromatic rings. The van der Waals surface area contributed by atoms with Crippen LogP contribution < -0.4 is 0 Å². The van der Waals surface area contributed by atoms with Gasteiger partial charge in [0.15, 0.2) is 0 Å². The number of aliphatic hydroxyl groups is 1. The Balaban J connectivity index is 1.95. The number of carbonyl (C=O) groups is 1. The largest absolute Gasteiger partial charge is 0.391 e. The van der Waals surface area contributed by atoms with Crippen LogP contribution in [0, 0.1) is 18.7 Å². The van der Waals surface area contributed by atoms with Gasteiger partial charge in [0.25, 0.3) is 5.91 Å². The van der Waals surface area contributed by atoms with Crippen LogP contribution in [0.5, 0.6) is 0 Å². The lowest BCUT2D eigenvalue weighted by atomic mass is 9.96. The molecule has 2 atom stereocenters. The van der Waals surface area contributed by atoms with Crippen molar-refractivity contribution in [2.24, 2.45) is 5.92 Å². The zero-order valence-corrected chi connectivity index (χ0v) is 12.9. The maximum atomic E-state index is 13.9. The Morgan fingerprint density at radius 2 is 2.24 bits per heavy atom. The highest BCUT2D eigenvalue weighted by Gasteiger charge is 2.30. The fourth-order valence-corrected chi connectivity index (χ4v) is 4.03. The minimum Gasteiger partial charge on any atom is -0.391 e. The number of fused-ring (bicyclic) bond motifs is 1. The summed E-state index contributed by atoms with van der Waals surface area (Å²) in [6.07, 6.45) is 0.319. The molecule has 3 nitrogen and oxygen atoms in total. The fourth-order valence-electron chi connectivity index (χ4n) is 2.83. The number of piperidine rings is 1. The highest BCUT2D eigenvalue weighted by Crippen LogP contribution is 2.34. The van der Waals surface area contributed by atoms with Gasteiger partial charge in [-0.1, -0.05) is 13.0 Å². The van der Waals surface area contributed by atoms with Gasteiger partial charge in [0.05, 0.1) is 11.0 Å². The van der Waals surface area contributed by atoms with Crippen molar-refractivity contribution < 1.29 is 14.3 Å². The number of rotatable bonds is 1. The van der Waals surface area contributed by atoms with Crippen LogP contribution in [0.3, 0.4) is 0 Å². The maximum absolute atomic E-state index is 13.9. The van der Waals surface area contributed by atoms with Gasteiger partial charge >= 0.3 is 0 Å². The number of amides is 1. The third-order valence-corrected chi connectivity index (χ3v) is 5.55. The first-order chi connectivity index (χ1) is 9.99. The highest BCUT2D eigenvalue weighted by atomic mass is 32.1. The van der Waals surface area contributed by atoms with Gasteiger partial charge in [0, 0.05) is 23.2 Å². The second-order valence-electron chi connectivity index (χ2n) is 5.75. The van der Waals surface area contributed by atoms with Crippen molar-refractivity contribution in [1.82, 2.24) is 4.90 Å². The lowest BCUT2D eigenvalue weighted by molar-refractivity contribution is 0.0251. The van der Waals surface area contributed by atoms with E-state index in [1.807, 2.05) is 13.0 Å². The topological polar surface area (TPSA) is 40.5 Å². The third-order valence-electron chi connectivity index (χ3n) is 4.30. The first kappa shape index (κ1) is 14.5. The van der Waals surface area contributed by atoms with Crippen molar-refractivity contribution in [3.8, 4) is 0 Å². The molecule has 1 amide bonds. The number of carbonyl (C=O) groups excluding carboxylic acids is 1. The number of thiophene rings is 1. The first-order valence-corrected chi connectivity index (χ1v) is 7.95. The van der Waals surface area contributed by atoms with Gasteiger partial charge in [0.2, 0.25) is 0 Å². The number of nitrogens with zero attached hydrogens (tertiary/aromatic N) is 1. The summed E-state index contributed by atoms with van der Waals surface area (Å²) in [5.41, 5.74) is 0.700. The predicted octanol–water partition coefficient (Wildman–Crippen LogP) is 3.19. The molecule has 1 N–H and O–H groups in total. The Morgan fingerprint density at radius 1 is 1.48 bits per heavy atom. The Bertz CT molecular complexity index is 697. The van der Waals surface area contributed by atoms with Crippen LogP contribution in [0.15, 0.2) is 18.2 Å². The average molecular weight is 307 g/mol. The Labute approximate surface area is 127 Å². The van der Waals surface area contributed by atoms with E-state index in [0.717, 1.165) is 11.1 Å². The SMILES string of the molecule is Cc1c(C(=O)N2CCC(C)C(O)C2)sc2cccc(F)c12. The number of hydrogen-bond donors (Lipinski definition) is 1. The normalized spacial score (nSPS) is 22.8. The maximum Gasteiger partial charge on any atom is 0.264 e. The summed E-state index contributed by atoms with van der Waals surface area (Å²) in [5, 5.41) is 10.5. The molecule has 5 heteroatoms. The summed E-state index contributed by atoms with van der Waals surface area (Å²) in [7, 11) is 0. The van der Waals surface area contributed by atoms with E-state index in [0.29, 0.717) is 28.9 Å². The quantitative estimate of drug-likeness (QED) is 0.879. The van der Waals surface area contributed by atoms with Crippen molar-refractivity contribution in [2.75, 3.05) is 13.1 Å². The van der Waals surface area contributed by atoms with Crippen LogP contribution >= 0.6 is 11.3 Å². The van der Waals surface area contributed by atoms with Crippen LogP contribution in [0.1, 0.15) is 28.6 Å². The fraction of sp³-hybridized carbons (Fsp3) is 0.438. The second kappa shape index (κ2) is 5.39. The van der Waals surface area contributed by atoms with E-state index in [4.69, 9.17) is 0 Å². The molecule has 0 radical (unpaired) electrons. The molecule has 2 unspecified atom stereocenters. The second-order valence-corrected chi connectivity index (χ2v) is 6.81. The van der Waals surface area contributed by atoms with Gasteiger partial charge < -0.3 is 10.0 Å². The van der Waals surface area contributed by atoms with Gasteiger partial charge in [-0.3, -0.25) is 4.79 Å². The summed E-state index contributed by atoms with van der Waals surface area (Å²) in [4.78, 5) is 14.9. The number of benzene rings is 1. The minimum absolute atomic E-state index is 0.0981. The number of aliphatic hydroxyl groups excluding tert-OH is 1. The molecule has 2 heterocycles. The number of likely N-dealkylation sites (tertiary alicyclic amines) is 1. The molecule has 0 bridgehead atoms. The number of hydrogen-bond acceptors (Lipinski definition) is 3. The van der Waals surface area contributed by atoms with E-state index in [9.17, 15) is 14.3 Å². The molecular formula is C16H18FNO2S. The lowest BCUT2D eigenvalue weighted by Gasteiger charge is -2.34. The molecule has 0 spiro atoms. The van der Waals surface area contributed by atoms with E-state index < -0.39 is 6.10 Å². The van der Waals surface area contributed by atoms with E-state index in [1.54, 1.807) is 17.9 Å². The first-order valence-electron chi connectivity index (χ1n) is 7.14. The summed E-state index contributed by atoms with van der Waals surface area (Å²) in [6.45, 7) is 4.79. The lowest BCUT2D eigenvalue weighted by Crippen LogP contribution is -2.45. The van der Waals surface area contributed by atoms with Crippen molar-refractivity contribution in [3.63, 3.8) is 0 Å². The standard InChI is InChI=1S/C16H18FNO2S/c1-9-6-7-18(8-12(9)19)16(20)15-10(2)14-11(17)4-3-5-13(14)21-15/h3-5,9,12,19H,6-8H2,1-2H3. The molecule has 3 rings (SSSR count). The number of β-amino-alcohol motifs (C(OH)–C–C–N with tert-alkyl or cyclic N) is 1. The van der Waals surface area contributed by atoms with Gasteiger partial charge in [-0.25, -0.2) is 4.39 Å².